The van der Waals surface area contributed by atoms with Crippen LogP contribution in [0.5, 0.6) is 5.75 Å². The van der Waals surface area contributed by atoms with E-state index < -0.39 is 5.97 Å². The Morgan fingerprint density at radius 1 is 1.47 bits per heavy atom. The van der Waals surface area contributed by atoms with Crippen molar-refractivity contribution >= 4 is 11.7 Å². The van der Waals surface area contributed by atoms with Crippen LogP contribution in [0.1, 0.15) is 23.2 Å². The number of hydrogen-bond acceptors (Lipinski definition) is 3. The summed E-state index contributed by atoms with van der Waals surface area (Å²) in [6.07, 6.45) is 2.01. The molecule has 0 atom stereocenters. The second kappa shape index (κ2) is 2.66. The van der Waals surface area contributed by atoms with Gasteiger partial charge in [0.2, 0.25) is 0 Å². The number of carboxylic acid groups (broad SMARTS) is 1. The Morgan fingerprint density at radius 2 is 2.27 bits per heavy atom. The van der Waals surface area contributed by atoms with Gasteiger partial charge in [0.15, 0.2) is 5.75 Å². The van der Waals surface area contributed by atoms with Gasteiger partial charge in [0, 0.05) is 0 Å². The molecule has 2 aliphatic rings. The molecular formula is C11H11NO3. The predicted molar refractivity (Wildman–Crippen MR) is 54.5 cm³/mol. The summed E-state index contributed by atoms with van der Waals surface area (Å²) in [5.74, 6) is -0.444. The summed E-state index contributed by atoms with van der Waals surface area (Å²) in [5.41, 5.74) is 0.900. The lowest BCUT2D eigenvalue weighted by atomic mass is 10.1. The number of nitrogens with one attached hydrogen (secondary N) is 1. The zero-order valence-electron chi connectivity index (χ0n) is 8.12. The van der Waals surface area contributed by atoms with Crippen LogP contribution < -0.4 is 10.1 Å². The van der Waals surface area contributed by atoms with Gasteiger partial charge in [-0.1, -0.05) is 6.07 Å². The third-order valence-electron chi connectivity index (χ3n) is 2.97. The first-order valence-electron chi connectivity index (χ1n) is 4.99. The monoisotopic (exact) mass is 205 g/mol. The van der Waals surface area contributed by atoms with Crippen LogP contribution in [0.25, 0.3) is 0 Å². The number of ether oxygens (including phenoxy) is 1. The topological polar surface area (TPSA) is 58.6 Å². The van der Waals surface area contributed by atoms with Gasteiger partial charge in [-0.25, -0.2) is 4.79 Å². The van der Waals surface area contributed by atoms with Crippen LogP contribution in [0.15, 0.2) is 18.2 Å². The highest BCUT2D eigenvalue weighted by molar-refractivity contribution is 5.93. The van der Waals surface area contributed by atoms with Crippen LogP contribution in [-0.2, 0) is 0 Å². The first-order valence-corrected chi connectivity index (χ1v) is 4.99. The molecule has 4 nitrogen and oxygen atoms in total. The highest BCUT2D eigenvalue weighted by atomic mass is 16.5. The second-order valence-electron chi connectivity index (χ2n) is 4.13. The maximum Gasteiger partial charge on any atom is 0.339 e. The Hall–Kier alpha value is -1.71. The minimum absolute atomic E-state index is 0.126. The van der Waals surface area contributed by atoms with Gasteiger partial charge in [-0.15, -0.1) is 0 Å². The van der Waals surface area contributed by atoms with E-state index >= 15 is 0 Å². The Kier molecular flexibility index (Phi) is 1.52. The molecule has 0 saturated heterocycles. The lowest BCUT2D eigenvalue weighted by Crippen LogP contribution is -2.33. The van der Waals surface area contributed by atoms with Crippen molar-refractivity contribution in [1.29, 1.82) is 0 Å². The Morgan fingerprint density at radius 3 is 2.93 bits per heavy atom. The van der Waals surface area contributed by atoms with Gasteiger partial charge in [-0.3, -0.25) is 0 Å². The average Bonchev–Trinajstić information content (AvgIpc) is 2.96. The fraction of sp³-hybridized carbons (Fsp3) is 0.364. The molecule has 1 aliphatic heterocycles. The summed E-state index contributed by atoms with van der Waals surface area (Å²) in [4.78, 5) is 11.0. The minimum Gasteiger partial charge on any atom is -0.482 e. The molecular weight excluding hydrogens is 194 g/mol. The van der Waals surface area contributed by atoms with E-state index in [1.165, 1.54) is 0 Å². The van der Waals surface area contributed by atoms with Crippen LogP contribution in [0.3, 0.4) is 0 Å². The summed E-state index contributed by atoms with van der Waals surface area (Å²) < 4.78 is 5.78. The molecule has 1 aromatic carbocycles. The van der Waals surface area contributed by atoms with Gasteiger partial charge in [-0.05, 0) is 25.0 Å². The highest BCUT2D eigenvalue weighted by Gasteiger charge is 2.48. The Balaban J connectivity index is 2.08. The van der Waals surface area contributed by atoms with E-state index in [9.17, 15) is 4.79 Å². The number of benzene rings is 1. The molecule has 1 saturated carbocycles. The molecule has 1 heterocycles. The number of aromatic carboxylic acids is 1. The number of carbonyl (C=O) groups is 1. The smallest absolute Gasteiger partial charge is 0.339 e. The third-order valence-corrected chi connectivity index (χ3v) is 2.97. The van der Waals surface area contributed by atoms with Crippen molar-refractivity contribution in [2.45, 2.75) is 18.4 Å². The SMILES string of the molecule is O=C(O)c1cccc2c1OC1(CC1)CN2. The fourth-order valence-corrected chi connectivity index (χ4v) is 1.88. The summed E-state index contributed by atoms with van der Waals surface area (Å²) in [6, 6.07) is 5.14. The largest absolute Gasteiger partial charge is 0.482 e. The van der Waals surface area contributed by atoms with E-state index in [2.05, 4.69) is 5.32 Å². The molecule has 78 valence electrons. The number of para-hydroxylation sites is 1. The zero-order valence-corrected chi connectivity index (χ0v) is 8.12. The Bertz CT molecular complexity index is 437. The third kappa shape index (κ3) is 1.25. The van der Waals surface area contributed by atoms with E-state index in [1.54, 1.807) is 12.1 Å². The number of anilines is 1. The quantitative estimate of drug-likeness (QED) is 0.732. The van der Waals surface area contributed by atoms with Crippen molar-refractivity contribution < 1.29 is 14.6 Å². The summed E-state index contributed by atoms with van der Waals surface area (Å²) >= 11 is 0. The molecule has 0 unspecified atom stereocenters. The van der Waals surface area contributed by atoms with Crippen LogP contribution in [-0.4, -0.2) is 23.2 Å². The maximum absolute atomic E-state index is 11.0. The second-order valence-corrected chi connectivity index (χ2v) is 4.13. The number of fused-ring (bicyclic) bond motifs is 1. The molecule has 3 rings (SSSR count). The van der Waals surface area contributed by atoms with E-state index in [-0.39, 0.29) is 11.2 Å². The van der Waals surface area contributed by atoms with Gasteiger partial charge in [0.25, 0.3) is 0 Å². The summed E-state index contributed by atoms with van der Waals surface area (Å²) in [6.45, 7) is 0.781. The van der Waals surface area contributed by atoms with Crippen molar-refractivity contribution in [2.24, 2.45) is 0 Å². The van der Waals surface area contributed by atoms with Crippen LogP contribution >= 0.6 is 0 Å². The molecule has 1 aromatic rings. The molecule has 2 N–H and O–H groups in total. The molecule has 0 amide bonds. The van der Waals surface area contributed by atoms with Gasteiger partial charge < -0.3 is 15.2 Å². The van der Waals surface area contributed by atoms with Gasteiger partial charge >= 0.3 is 5.97 Å². The average molecular weight is 205 g/mol. The van der Waals surface area contributed by atoms with Crippen LogP contribution in [0.4, 0.5) is 5.69 Å². The molecule has 0 radical (unpaired) electrons. The molecule has 0 aromatic heterocycles. The molecule has 1 fully saturated rings. The zero-order chi connectivity index (χ0) is 10.5. The Labute approximate surface area is 86.9 Å². The van der Waals surface area contributed by atoms with Crippen molar-refractivity contribution in [1.82, 2.24) is 0 Å². The molecule has 1 aliphatic carbocycles. The first-order chi connectivity index (χ1) is 7.20. The standard InChI is InChI=1S/C11H11NO3/c13-10(14)7-2-1-3-8-9(7)15-11(4-5-11)6-12-8/h1-3,12H,4-6H2,(H,13,14). The molecule has 4 heteroatoms. The number of hydrogen-bond donors (Lipinski definition) is 2. The fourth-order valence-electron chi connectivity index (χ4n) is 1.88. The van der Waals surface area contributed by atoms with Gasteiger partial charge in [0.1, 0.15) is 11.2 Å². The van der Waals surface area contributed by atoms with Crippen molar-refractivity contribution in [3.63, 3.8) is 0 Å². The first kappa shape index (κ1) is 8.59. The van der Waals surface area contributed by atoms with E-state index in [0.717, 1.165) is 25.1 Å². The van der Waals surface area contributed by atoms with E-state index in [1.807, 2.05) is 6.07 Å². The van der Waals surface area contributed by atoms with Crippen molar-refractivity contribution in [3.05, 3.63) is 23.8 Å². The number of carboxylic acids is 1. The van der Waals surface area contributed by atoms with Crippen LogP contribution in [0, 0.1) is 0 Å². The molecule has 15 heavy (non-hydrogen) atoms. The maximum atomic E-state index is 11.0. The number of rotatable bonds is 1. The van der Waals surface area contributed by atoms with E-state index in [0.29, 0.717) is 5.75 Å². The minimum atomic E-state index is -0.939. The summed E-state index contributed by atoms with van der Waals surface area (Å²) in [7, 11) is 0. The van der Waals surface area contributed by atoms with Gasteiger partial charge in [-0.2, -0.15) is 0 Å². The predicted octanol–water partition coefficient (Wildman–Crippen LogP) is 1.72. The normalized spacial score (nSPS) is 20.0. The molecule has 0 bridgehead atoms. The lowest BCUT2D eigenvalue weighted by molar-refractivity contribution is 0.0687. The van der Waals surface area contributed by atoms with Crippen molar-refractivity contribution in [2.75, 3.05) is 11.9 Å². The highest BCUT2D eigenvalue weighted by Crippen LogP contribution is 2.47. The van der Waals surface area contributed by atoms with Crippen LogP contribution in [0.2, 0.25) is 0 Å². The summed E-state index contributed by atoms with van der Waals surface area (Å²) in [5, 5.41) is 12.2. The van der Waals surface area contributed by atoms with Gasteiger partial charge in [0.05, 0.1) is 12.2 Å². The molecule has 1 spiro atoms. The van der Waals surface area contributed by atoms with E-state index in [4.69, 9.17) is 9.84 Å². The van der Waals surface area contributed by atoms with Crippen molar-refractivity contribution in [3.8, 4) is 5.75 Å². The lowest BCUT2D eigenvalue weighted by Gasteiger charge is -2.28.